The molecule has 0 spiro atoms. The molecule has 0 radical (unpaired) electrons. The first-order valence-corrected chi connectivity index (χ1v) is 8.38. The molecule has 0 saturated carbocycles. The first-order chi connectivity index (χ1) is 12.0. The molecule has 0 bridgehead atoms. The molecule has 0 aliphatic carbocycles. The van der Waals surface area contributed by atoms with Gasteiger partial charge in [0.2, 0.25) is 0 Å². The molecule has 0 aromatic heterocycles. The molecule has 2 N–H and O–H groups in total. The van der Waals surface area contributed by atoms with Crippen molar-refractivity contribution in [2.75, 3.05) is 26.1 Å². The number of carbonyl (C=O) groups is 2. The van der Waals surface area contributed by atoms with Crippen LogP contribution in [0.5, 0.6) is 5.75 Å². The Balaban J connectivity index is 1.85. The molecule has 0 saturated heterocycles. The molecule has 0 aliphatic heterocycles. The lowest BCUT2D eigenvalue weighted by Gasteiger charge is -2.09. The van der Waals surface area contributed by atoms with E-state index in [2.05, 4.69) is 31.3 Å². The van der Waals surface area contributed by atoms with Gasteiger partial charge in [0.1, 0.15) is 5.75 Å². The average Bonchev–Trinajstić information content (AvgIpc) is 2.61. The van der Waals surface area contributed by atoms with Gasteiger partial charge in [-0.1, -0.05) is 12.1 Å². The zero-order valence-electron chi connectivity index (χ0n) is 14.0. The molecule has 2 aromatic rings. The molecule has 0 aliphatic rings. The molecule has 0 atom stereocenters. The summed E-state index contributed by atoms with van der Waals surface area (Å²) in [4.78, 5) is 23.4. The van der Waals surface area contributed by atoms with E-state index in [0.717, 1.165) is 15.8 Å². The summed E-state index contributed by atoms with van der Waals surface area (Å²) in [6.45, 7) is 0.474. The smallest absolute Gasteiger partial charge is 0.337 e. The number of ether oxygens (including phenoxy) is 2. The van der Waals surface area contributed by atoms with Crippen LogP contribution in [0.3, 0.4) is 0 Å². The van der Waals surface area contributed by atoms with Crippen LogP contribution >= 0.6 is 15.9 Å². The van der Waals surface area contributed by atoms with E-state index in [1.165, 1.54) is 7.11 Å². The topological polar surface area (TPSA) is 76.7 Å². The highest BCUT2D eigenvalue weighted by atomic mass is 79.9. The van der Waals surface area contributed by atoms with Crippen LogP contribution in [0, 0.1) is 0 Å². The van der Waals surface area contributed by atoms with Crippen LogP contribution in [0.15, 0.2) is 46.9 Å². The molecule has 25 heavy (non-hydrogen) atoms. The fourth-order valence-corrected chi connectivity index (χ4v) is 2.79. The quantitative estimate of drug-likeness (QED) is 0.718. The average molecular weight is 407 g/mol. The Morgan fingerprint density at radius 2 is 1.92 bits per heavy atom. The van der Waals surface area contributed by atoms with Crippen molar-refractivity contribution in [3.05, 3.63) is 58.1 Å². The van der Waals surface area contributed by atoms with Gasteiger partial charge in [0.05, 0.1) is 24.3 Å². The summed E-state index contributed by atoms with van der Waals surface area (Å²) in [5.41, 5.74) is 1.97. The maximum atomic E-state index is 12.0. The first kappa shape index (κ1) is 18.8. The predicted molar refractivity (Wildman–Crippen MR) is 99.2 cm³/mol. The molecular formula is C18H19BrN2O4. The Kier molecular flexibility index (Phi) is 6.82. The minimum absolute atomic E-state index is 0.338. The molecule has 2 aromatic carbocycles. The maximum Gasteiger partial charge on any atom is 0.337 e. The van der Waals surface area contributed by atoms with E-state index in [1.807, 2.05) is 18.2 Å². The fraction of sp³-hybridized carbons (Fsp3) is 0.222. The summed E-state index contributed by atoms with van der Waals surface area (Å²) in [7, 11) is 2.92. The minimum atomic E-state index is -0.450. The van der Waals surface area contributed by atoms with Gasteiger partial charge in [-0.15, -0.1) is 0 Å². The van der Waals surface area contributed by atoms with Crippen molar-refractivity contribution in [2.45, 2.75) is 6.42 Å². The summed E-state index contributed by atoms with van der Waals surface area (Å²) in [6, 6.07) is 12.0. The lowest BCUT2D eigenvalue weighted by Crippen LogP contribution is -2.30. The molecule has 132 valence electrons. The number of halogens is 1. The Labute approximate surface area is 154 Å². The summed E-state index contributed by atoms with van der Waals surface area (Å²) in [5.74, 6) is 0.314. The summed E-state index contributed by atoms with van der Waals surface area (Å²) >= 11 is 3.43. The van der Waals surface area contributed by atoms with Crippen LogP contribution in [-0.2, 0) is 11.2 Å². The lowest BCUT2D eigenvalue weighted by atomic mass is 10.1. The van der Waals surface area contributed by atoms with Crippen molar-refractivity contribution in [1.82, 2.24) is 5.32 Å². The van der Waals surface area contributed by atoms with Gasteiger partial charge in [0.25, 0.3) is 0 Å². The van der Waals surface area contributed by atoms with Gasteiger partial charge in [-0.2, -0.15) is 0 Å². The van der Waals surface area contributed by atoms with E-state index in [0.29, 0.717) is 24.2 Å². The van der Waals surface area contributed by atoms with E-state index in [9.17, 15) is 9.59 Å². The second-order valence-electron chi connectivity index (χ2n) is 5.17. The van der Waals surface area contributed by atoms with Crippen LogP contribution in [0.4, 0.5) is 10.5 Å². The van der Waals surface area contributed by atoms with Crippen molar-refractivity contribution in [3.8, 4) is 5.75 Å². The maximum absolute atomic E-state index is 12.0. The van der Waals surface area contributed by atoms with Gasteiger partial charge in [-0.05, 0) is 58.2 Å². The summed E-state index contributed by atoms with van der Waals surface area (Å²) in [6.07, 6.45) is 0.679. The zero-order valence-corrected chi connectivity index (χ0v) is 15.6. The highest BCUT2D eigenvalue weighted by Gasteiger charge is 2.08. The standard InChI is InChI=1S/C18H19BrN2O4/c1-24-16-7-6-12(10-15(16)19)8-9-20-18(23)21-14-5-3-4-13(11-14)17(22)25-2/h3-7,10-11H,8-9H2,1-2H3,(H2,20,21,23). The van der Waals surface area contributed by atoms with Crippen molar-refractivity contribution < 1.29 is 19.1 Å². The number of rotatable bonds is 6. The monoisotopic (exact) mass is 406 g/mol. The summed E-state index contributed by atoms with van der Waals surface area (Å²) < 4.78 is 10.7. The number of amides is 2. The second-order valence-corrected chi connectivity index (χ2v) is 6.03. The Bertz CT molecular complexity index is 764. The van der Waals surface area contributed by atoms with Crippen LogP contribution < -0.4 is 15.4 Å². The predicted octanol–water partition coefficient (Wildman–Crippen LogP) is 3.61. The molecular weight excluding hydrogens is 388 g/mol. The van der Waals surface area contributed by atoms with Crippen LogP contribution in [-0.4, -0.2) is 32.8 Å². The zero-order chi connectivity index (χ0) is 18.2. The van der Waals surface area contributed by atoms with E-state index < -0.39 is 5.97 Å². The number of benzene rings is 2. The molecule has 2 amide bonds. The first-order valence-electron chi connectivity index (χ1n) is 7.59. The van der Waals surface area contributed by atoms with Crippen LogP contribution in [0.1, 0.15) is 15.9 Å². The third-order valence-electron chi connectivity index (χ3n) is 3.46. The molecule has 6 nitrogen and oxygen atoms in total. The lowest BCUT2D eigenvalue weighted by molar-refractivity contribution is 0.0600. The molecule has 7 heteroatoms. The molecule has 0 unspecified atom stereocenters. The van der Waals surface area contributed by atoms with E-state index >= 15 is 0 Å². The number of carbonyl (C=O) groups excluding carboxylic acids is 2. The number of hydrogen-bond acceptors (Lipinski definition) is 4. The fourth-order valence-electron chi connectivity index (χ4n) is 2.20. The van der Waals surface area contributed by atoms with E-state index in [4.69, 9.17) is 4.74 Å². The van der Waals surface area contributed by atoms with Gasteiger partial charge in [0.15, 0.2) is 0 Å². The number of esters is 1. The third kappa shape index (κ3) is 5.49. The van der Waals surface area contributed by atoms with Crippen molar-refractivity contribution >= 4 is 33.6 Å². The van der Waals surface area contributed by atoms with Crippen molar-refractivity contribution in [3.63, 3.8) is 0 Å². The highest BCUT2D eigenvalue weighted by Crippen LogP contribution is 2.25. The normalized spacial score (nSPS) is 10.0. The minimum Gasteiger partial charge on any atom is -0.496 e. The van der Waals surface area contributed by atoms with Crippen LogP contribution in [0.25, 0.3) is 0 Å². The van der Waals surface area contributed by atoms with Gasteiger partial charge in [-0.3, -0.25) is 0 Å². The molecule has 0 fully saturated rings. The third-order valence-corrected chi connectivity index (χ3v) is 4.08. The van der Waals surface area contributed by atoms with Crippen LogP contribution in [0.2, 0.25) is 0 Å². The summed E-state index contributed by atoms with van der Waals surface area (Å²) in [5, 5.41) is 5.47. The number of nitrogens with one attached hydrogen (secondary N) is 2. The number of urea groups is 1. The van der Waals surface area contributed by atoms with Gasteiger partial charge in [0, 0.05) is 12.2 Å². The Morgan fingerprint density at radius 3 is 2.60 bits per heavy atom. The number of hydrogen-bond donors (Lipinski definition) is 2. The largest absolute Gasteiger partial charge is 0.496 e. The van der Waals surface area contributed by atoms with Gasteiger partial charge < -0.3 is 20.1 Å². The Morgan fingerprint density at radius 1 is 1.12 bits per heavy atom. The highest BCUT2D eigenvalue weighted by molar-refractivity contribution is 9.10. The number of anilines is 1. The van der Waals surface area contributed by atoms with E-state index in [-0.39, 0.29) is 6.03 Å². The SMILES string of the molecule is COC(=O)c1cccc(NC(=O)NCCc2ccc(OC)c(Br)c2)c1. The van der Waals surface area contributed by atoms with Crippen molar-refractivity contribution in [2.24, 2.45) is 0 Å². The Hall–Kier alpha value is -2.54. The number of methoxy groups -OCH3 is 2. The van der Waals surface area contributed by atoms with Gasteiger partial charge >= 0.3 is 12.0 Å². The van der Waals surface area contributed by atoms with Crippen molar-refractivity contribution in [1.29, 1.82) is 0 Å². The molecule has 0 heterocycles. The van der Waals surface area contributed by atoms with Gasteiger partial charge in [-0.25, -0.2) is 9.59 Å². The van der Waals surface area contributed by atoms with E-state index in [1.54, 1.807) is 31.4 Å². The molecule has 2 rings (SSSR count). The second kappa shape index (κ2) is 9.08.